The molecule has 0 spiro atoms. The Hall–Kier alpha value is -2.21. The van der Waals surface area contributed by atoms with Gasteiger partial charge in [-0.15, -0.1) is 6.58 Å². The summed E-state index contributed by atoms with van der Waals surface area (Å²) < 4.78 is 28.8. The number of benzene rings is 1. The summed E-state index contributed by atoms with van der Waals surface area (Å²) in [5.41, 5.74) is 1.14. The fourth-order valence-corrected chi connectivity index (χ4v) is 1.96. The van der Waals surface area contributed by atoms with Crippen molar-refractivity contribution in [1.82, 2.24) is 4.57 Å². The van der Waals surface area contributed by atoms with Gasteiger partial charge in [-0.05, 0) is 11.6 Å². The summed E-state index contributed by atoms with van der Waals surface area (Å²) in [6, 6.07) is 5.67. The van der Waals surface area contributed by atoms with Crippen LogP contribution in [0.15, 0.2) is 41.8 Å². The van der Waals surface area contributed by atoms with E-state index in [1.54, 1.807) is 20.1 Å². The molecule has 0 fully saturated rings. The first-order valence-corrected chi connectivity index (χ1v) is 6.37. The van der Waals surface area contributed by atoms with Crippen molar-refractivity contribution in [2.24, 2.45) is 0 Å². The molecule has 0 bridgehead atoms. The third-order valence-corrected chi connectivity index (χ3v) is 3.23. The second-order valence-electron chi connectivity index (χ2n) is 4.83. The lowest BCUT2D eigenvalue weighted by Gasteiger charge is -2.11. The fraction of sp³-hybridized carbons (Fsp3) is 0.133. The van der Waals surface area contributed by atoms with Gasteiger partial charge in [0.05, 0.1) is 13.2 Å². The summed E-state index contributed by atoms with van der Waals surface area (Å²) in [5.74, 6) is -2.13. The third kappa shape index (κ3) is 3.11. The molecular formula is C15H14BF2NO2. The number of halogens is 2. The number of aromatic nitrogens is 1. The molecular weight excluding hydrogens is 275 g/mol. The molecule has 2 rings (SSSR count). The van der Waals surface area contributed by atoms with E-state index < -0.39 is 18.2 Å². The summed E-state index contributed by atoms with van der Waals surface area (Å²) in [5, 5.41) is 8.89. The zero-order chi connectivity index (χ0) is 15.6. The minimum absolute atomic E-state index is 0.0469. The molecule has 0 unspecified atom stereocenters. The van der Waals surface area contributed by atoms with Crippen molar-refractivity contribution >= 4 is 13.3 Å². The second-order valence-corrected chi connectivity index (χ2v) is 4.83. The van der Waals surface area contributed by atoms with Crippen molar-refractivity contribution in [3.05, 3.63) is 75.7 Å². The molecule has 1 aromatic carbocycles. The molecule has 0 atom stereocenters. The summed E-state index contributed by atoms with van der Waals surface area (Å²) >= 11 is 0. The molecule has 108 valence electrons. The normalized spacial score (nSPS) is 10.6. The van der Waals surface area contributed by atoms with E-state index in [9.17, 15) is 13.6 Å². The van der Waals surface area contributed by atoms with Gasteiger partial charge in [-0.25, -0.2) is 8.78 Å². The Morgan fingerprint density at radius 1 is 1.19 bits per heavy atom. The van der Waals surface area contributed by atoms with Crippen molar-refractivity contribution in [3.63, 3.8) is 0 Å². The van der Waals surface area contributed by atoms with E-state index in [1.165, 1.54) is 22.8 Å². The smallest absolute Gasteiger partial charge is 0.250 e. The van der Waals surface area contributed by atoms with Crippen LogP contribution in [-0.4, -0.2) is 17.5 Å². The average molecular weight is 289 g/mol. The molecule has 0 saturated heterocycles. The quantitative estimate of drug-likeness (QED) is 0.861. The van der Waals surface area contributed by atoms with E-state index >= 15 is 0 Å². The van der Waals surface area contributed by atoms with Crippen molar-refractivity contribution in [2.75, 3.05) is 0 Å². The average Bonchev–Trinajstić information content (AvgIpc) is 2.46. The van der Waals surface area contributed by atoms with Crippen LogP contribution in [0.2, 0.25) is 0 Å². The number of pyridine rings is 1. The summed E-state index contributed by atoms with van der Waals surface area (Å²) in [7, 11) is 1.79. The first-order valence-electron chi connectivity index (χ1n) is 6.37. The van der Waals surface area contributed by atoms with Crippen LogP contribution in [0.5, 0.6) is 0 Å². The van der Waals surface area contributed by atoms with Crippen LogP contribution in [0.4, 0.5) is 8.78 Å². The topological polar surface area (TPSA) is 42.2 Å². The molecule has 1 heterocycles. The highest BCUT2D eigenvalue weighted by Crippen LogP contribution is 2.17. The van der Waals surface area contributed by atoms with Gasteiger partial charge in [0.1, 0.15) is 7.85 Å². The Labute approximate surface area is 121 Å². The molecule has 0 aliphatic rings. The molecule has 0 aliphatic heterocycles. The van der Waals surface area contributed by atoms with Crippen LogP contribution in [-0.2, 0) is 13.2 Å². The number of rotatable bonds is 4. The van der Waals surface area contributed by atoms with Crippen LogP contribution in [0, 0.1) is 11.6 Å². The highest BCUT2D eigenvalue weighted by molar-refractivity contribution is 6.41. The van der Waals surface area contributed by atoms with Crippen LogP contribution in [0.25, 0.3) is 5.47 Å². The van der Waals surface area contributed by atoms with Gasteiger partial charge in [0, 0.05) is 23.4 Å². The standard InChI is InChI=1S/C15H14BF2NO2/c1-9(16)10-4-5-13(21)19(6-10)7-11-2-3-12(8-20)15(18)14(11)17/h2-6,20H,1,7-8,16H2. The molecule has 21 heavy (non-hydrogen) atoms. The summed E-state index contributed by atoms with van der Waals surface area (Å²) in [6.45, 7) is 3.12. The van der Waals surface area contributed by atoms with Gasteiger partial charge in [-0.1, -0.05) is 17.6 Å². The molecule has 0 aliphatic carbocycles. The van der Waals surface area contributed by atoms with Gasteiger partial charge < -0.3 is 9.67 Å². The SMILES string of the molecule is BC(=C)c1ccc(=O)n(Cc2ccc(CO)c(F)c2F)c1. The Bertz CT molecular complexity index is 756. The van der Waals surface area contributed by atoms with E-state index in [0.29, 0.717) is 0 Å². The zero-order valence-electron chi connectivity index (χ0n) is 11.6. The van der Waals surface area contributed by atoms with Crippen molar-refractivity contribution < 1.29 is 13.9 Å². The van der Waals surface area contributed by atoms with Crippen LogP contribution in [0.3, 0.4) is 0 Å². The molecule has 6 heteroatoms. The first-order chi connectivity index (χ1) is 9.93. The van der Waals surface area contributed by atoms with E-state index in [4.69, 9.17) is 5.11 Å². The Morgan fingerprint density at radius 2 is 1.81 bits per heavy atom. The maximum Gasteiger partial charge on any atom is 0.250 e. The first kappa shape index (κ1) is 15.2. The van der Waals surface area contributed by atoms with Gasteiger partial charge in [0.25, 0.3) is 5.56 Å². The molecule has 0 amide bonds. The maximum atomic E-state index is 13.9. The molecule has 3 nitrogen and oxygen atoms in total. The predicted octanol–water partition coefficient (Wildman–Crippen LogP) is 1.27. The zero-order valence-corrected chi connectivity index (χ0v) is 11.6. The number of aliphatic hydroxyl groups is 1. The minimum Gasteiger partial charge on any atom is -0.392 e. The second kappa shape index (κ2) is 6.05. The predicted molar refractivity (Wildman–Crippen MR) is 79.7 cm³/mol. The lowest BCUT2D eigenvalue weighted by molar-refractivity contribution is 0.273. The lowest BCUT2D eigenvalue weighted by Crippen LogP contribution is -2.20. The Balaban J connectivity index is 2.43. The number of hydrogen-bond donors (Lipinski definition) is 1. The number of aliphatic hydroxyl groups excluding tert-OH is 1. The third-order valence-electron chi connectivity index (χ3n) is 3.23. The fourth-order valence-electron chi connectivity index (χ4n) is 1.96. The highest BCUT2D eigenvalue weighted by atomic mass is 19.2. The molecule has 0 radical (unpaired) electrons. The Kier molecular flexibility index (Phi) is 4.38. The van der Waals surface area contributed by atoms with E-state index in [2.05, 4.69) is 6.58 Å². The molecule has 1 N–H and O–H groups in total. The van der Waals surface area contributed by atoms with Crippen LogP contribution < -0.4 is 5.56 Å². The van der Waals surface area contributed by atoms with Gasteiger partial charge in [0.15, 0.2) is 11.6 Å². The van der Waals surface area contributed by atoms with E-state index in [-0.39, 0.29) is 23.2 Å². The van der Waals surface area contributed by atoms with Gasteiger partial charge in [-0.3, -0.25) is 4.79 Å². The van der Waals surface area contributed by atoms with Gasteiger partial charge in [0.2, 0.25) is 0 Å². The van der Waals surface area contributed by atoms with Crippen LogP contribution >= 0.6 is 0 Å². The lowest BCUT2D eigenvalue weighted by atomic mass is 9.91. The largest absolute Gasteiger partial charge is 0.392 e. The number of nitrogens with zero attached hydrogens (tertiary/aromatic N) is 1. The highest BCUT2D eigenvalue weighted by Gasteiger charge is 2.13. The van der Waals surface area contributed by atoms with Crippen molar-refractivity contribution in [2.45, 2.75) is 13.2 Å². The summed E-state index contributed by atoms with van der Waals surface area (Å²) in [4.78, 5) is 11.8. The van der Waals surface area contributed by atoms with Crippen LogP contribution in [0.1, 0.15) is 16.7 Å². The van der Waals surface area contributed by atoms with Gasteiger partial charge in [-0.2, -0.15) is 0 Å². The van der Waals surface area contributed by atoms with Crippen molar-refractivity contribution in [3.8, 4) is 0 Å². The van der Waals surface area contributed by atoms with Gasteiger partial charge >= 0.3 is 0 Å². The Morgan fingerprint density at radius 3 is 2.43 bits per heavy atom. The van der Waals surface area contributed by atoms with Crippen molar-refractivity contribution in [1.29, 1.82) is 0 Å². The van der Waals surface area contributed by atoms with E-state index in [1.807, 2.05) is 0 Å². The van der Waals surface area contributed by atoms with E-state index in [0.717, 1.165) is 11.0 Å². The minimum atomic E-state index is -1.08. The number of hydrogen-bond acceptors (Lipinski definition) is 2. The maximum absolute atomic E-state index is 13.9. The summed E-state index contributed by atoms with van der Waals surface area (Å²) in [6.07, 6.45) is 1.56. The molecule has 1 aromatic heterocycles. The molecule has 2 aromatic rings. The molecule has 0 saturated carbocycles. The monoisotopic (exact) mass is 289 g/mol.